The zero-order chi connectivity index (χ0) is 14.1. The average molecular weight is 276 g/mol. The Bertz CT molecular complexity index is 516. The largest absolute Gasteiger partial charge is 0.478 e. The molecule has 2 atom stereocenters. The van der Waals surface area contributed by atoms with Crippen LogP contribution in [0.2, 0.25) is 0 Å². The molecule has 0 bridgehead atoms. The van der Waals surface area contributed by atoms with Gasteiger partial charge in [-0.1, -0.05) is 12.8 Å². The molecular weight excluding hydrogens is 256 g/mol. The van der Waals surface area contributed by atoms with Gasteiger partial charge in [-0.25, -0.2) is 4.79 Å². The highest BCUT2D eigenvalue weighted by molar-refractivity contribution is 5.90. The van der Waals surface area contributed by atoms with Gasteiger partial charge in [-0.05, 0) is 31.0 Å². The maximum atomic E-state index is 11.0. The van der Waals surface area contributed by atoms with Gasteiger partial charge in [0.2, 0.25) is 0 Å². The number of carbonyl (C=O) groups is 1. The zero-order valence-electron chi connectivity index (χ0n) is 11.4. The summed E-state index contributed by atoms with van der Waals surface area (Å²) in [5, 5.41) is 9.01. The van der Waals surface area contributed by atoms with Crippen molar-refractivity contribution < 1.29 is 14.6 Å². The van der Waals surface area contributed by atoms with Crippen molar-refractivity contribution in [3.05, 3.63) is 23.8 Å². The van der Waals surface area contributed by atoms with Gasteiger partial charge < -0.3 is 20.5 Å². The Labute approximate surface area is 118 Å². The molecule has 3 rings (SSSR count). The quantitative estimate of drug-likeness (QED) is 0.809. The van der Waals surface area contributed by atoms with Gasteiger partial charge >= 0.3 is 5.97 Å². The van der Waals surface area contributed by atoms with Crippen LogP contribution in [-0.2, 0) is 4.74 Å². The Balaban J connectivity index is 1.89. The summed E-state index contributed by atoms with van der Waals surface area (Å²) in [6, 6.07) is 5.37. The second-order valence-electron chi connectivity index (χ2n) is 5.53. The lowest BCUT2D eigenvalue weighted by Crippen LogP contribution is -2.53. The van der Waals surface area contributed by atoms with Crippen molar-refractivity contribution in [2.24, 2.45) is 0 Å². The van der Waals surface area contributed by atoms with E-state index >= 15 is 0 Å². The highest BCUT2D eigenvalue weighted by atomic mass is 16.5. The van der Waals surface area contributed by atoms with Crippen LogP contribution in [0.25, 0.3) is 0 Å². The number of carboxylic acid groups (broad SMARTS) is 1. The van der Waals surface area contributed by atoms with Crippen LogP contribution in [0.3, 0.4) is 0 Å². The van der Waals surface area contributed by atoms with Gasteiger partial charge in [-0.2, -0.15) is 0 Å². The summed E-state index contributed by atoms with van der Waals surface area (Å²) in [6.07, 6.45) is 4.95. The normalized spacial score (nSPS) is 26.1. The summed E-state index contributed by atoms with van der Waals surface area (Å²) in [7, 11) is 0. The number of ether oxygens (including phenoxy) is 1. The van der Waals surface area contributed by atoms with Crippen molar-refractivity contribution in [2.45, 2.75) is 37.8 Å². The fraction of sp³-hybridized carbons (Fsp3) is 0.533. The lowest BCUT2D eigenvalue weighted by atomic mass is 9.89. The van der Waals surface area contributed by atoms with Crippen LogP contribution in [0.1, 0.15) is 36.0 Å². The molecule has 2 aliphatic rings. The fourth-order valence-electron chi connectivity index (χ4n) is 3.34. The summed E-state index contributed by atoms with van der Waals surface area (Å²) in [6.45, 7) is 1.53. The van der Waals surface area contributed by atoms with E-state index in [2.05, 4.69) is 4.90 Å². The molecule has 0 amide bonds. The molecule has 1 aliphatic heterocycles. The first kappa shape index (κ1) is 13.2. The molecule has 108 valence electrons. The van der Waals surface area contributed by atoms with Crippen LogP contribution in [0.4, 0.5) is 11.4 Å². The van der Waals surface area contributed by atoms with E-state index in [-0.39, 0.29) is 11.7 Å². The van der Waals surface area contributed by atoms with Crippen LogP contribution >= 0.6 is 0 Å². The number of aromatic carboxylic acids is 1. The molecular formula is C15H20N2O3. The Kier molecular flexibility index (Phi) is 3.53. The Morgan fingerprint density at radius 2 is 2.15 bits per heavy atom. The maximum absolute atomic E-state index is 11.0. The average Bonchev–Trinajstić information content (AvgIpc) is 2.46. The lowest BCUT2D eigenvalue weighted by molar-refractivity contribution is -0.00862. The highest BCUT2D eigenvalue weighted by Gasteiger charge is 2.34. The number of benzene rings is 1. The van der Waals surface area contributed by atoms with E-state index in [0.29, 0.717) is 18.3 Å². The smallest absolute Gasteiger partial charge is 0.335 e. The lowest BCUT2D eigenvalue weighted by Gasteiger charge is -2.45. The molecule has 0 radical (unpaired) electrons. The molecule has 1 saturated carbocycles. The number of rotatable bonds is 2. The number of nitrogen functional groups attached to an aromatic ring is 1. The van der Waals surface area contributed by atoms with Gasteiger partial charge in [0.1, 0.15) is 0 Å². The van der Waals surface area contributed by atoms with Gasteiger partial charge in [-0.15, -0.1) is 0 Å². The van der Waals surface area contributed by atoms with Crippen LogP contribution < -0.4 is 10.6 Å². The molecule has 2 unspecified atom stereocenters. The predicted molar refractivity (Wildman–Crippen MR) is 77.2 cm³/mol. The number of anilines is 2. The minimum atomic E-state index is -0.944. The van der Waals surface area contributed by atoms with Gasteiger partial charge in [-0.3, -0.25) is 0 Å². The van der Waals surface area contributed by atoms with Crippen molar-refractivity contribution in [3.63, 3.8) is 0 Å². The topological polar surface area (TPSA) is 75.8 Å². The number of morpholine rings is 1. The van der Waals surface area contributed by atoms with E-state index in [9.17, 15) is 4.79 Å². The number of fused-ring (bicyclic) bond motifs is 1. The molecule has 20 heavy (non-hydrogen) atoms. The molecule has 2 fully saturated rings. The first-order valence-electron chi connectivity index (χ1n) is 7.18. The highest BCUT2D eigenvalue weighted by Crippen LogP contribution is 2.34. The summed E-state index contributed by atoms with van der Waals surface area (Å²) < 4.78 is 5.86. The van der Waals surface area contributed by atoms with E-state index in [1.165, 1.54) is 12.8 Å². The molecule has 1 aromatic rings. The Hall–Kier alpha value is -1.75. The van der Waals surface area contributed by atoms with E-state index in [1.807, 2.05) is 6.07 Å². The third kappa shape index (κ3) is 2.33. The van der Waals surface area contributed by atoms with Crippen LogP contribution in [0.15, 0.2) is 18.2 Å². The fourth-order valence-corrected chi connectivity index (χ4v) is 3.34. The maximum Gasteiger partial charge on any atom is 0.335 e. The van der Waals surface area contributed by atoms with Crippen LogP contribution in [0.5, 0.6) is 0 Å². The van der Waals surface area contributed by atoms with Gasteiger partial charge in [0.25, 0.3) is 0 Å². The standard InChI is InChI=1S/C15H20N2O3/c16-11-9-10(15(18)19)5-6-12(11)17-7-8-20-14-4-2-1-3-13(14)17/h5-6,9,13-14H,1-4,7-8,16H2,(H,18,19). The minimum absolute atomic E-state index is 0.236. The molecule has 1 aliphatic carbocycles. The number of hydrogen-bond acceptors (Lipinski definition) is 4. The van der Waals surface area contributed by atoms with Gasteiger partial charge in [0.05, 0.1) is 35.7 Å². The number of hydrogen-bond donors (Lipinski definition) is 2. The molecule has 0 spiro atoms. The number of carboxylic acids is 1. The van der Waals surface area contributed by atoms with E-state index in [4.69, 9.17) is 15.6 Å². The molecule has 5 nitrogen and oxygen atoms in total. The zero-order valence-corrected chi connectivity index (χ0v) is 11.4. The third-order valence-corrected chi connectivity index (χ3v) is 4.32. The summed E-state index contributed by atoms with van der Waals surface area (Å²) in [5.74, 6) is -0.944. The summed E-state index contributed by atoms with van der Waals surface area (Å²) in [4.78, 5) is 13.3. The van der Waals surface area contributed by atoms with E-state index in [1.54, 1.807) is 12.1 Å². The molecule has 0 aromatic heterocycles. The summed E-state index contributed by atoms with van der Waals surface area (Å²) >= 11 is 0. The minimum Gasteiger partial charge on any atom is -0.478 e. The van der Waals surface area contributed by atoms with Gasteiger partial charge in [0, 0.05) is 6.54 Å². The molecule has 5 heteroatoms. The SMILES string of the molecule is Nc1cc(C(=O)O)ccc1N1CCOC2CCCCC21. The number of nitrogens with two attached hydrogens (primary N) is 1. The van der Waals surface area contributed by atoms with Crippen LogP contribution in [-0.4, -0.2) is 36.4 Å². The first-order valence-corrected chi connectivity index (χ1v) is 7.18. The van der Waals surface area contributed by atoms with Crippen molar-refractivity contribution in [1.29, 1.82) is 0 Å². The second kappa shape index (κ2) is 5.32. The van der Waals surface area contributed by atoms with Gasteiger partial charge in [0.15, 0.2) is 0 Å². The van der Waals surface area contributed by atoms with Crippen molar-refractivity contribution in [2.75, 3.05) is 23.8 Å². The third-order valence-electron chi connectivity index (χ3n) is 4.32. The summed E-state index contributed by atoms with van der Waals surface area (Å²) in [5.41, 5.74) is 7.78. The molecule has 1 saturated heterocycles. The second-order valence-corrected chi connectivity index (χ2v) is 5.53. The Morgan fingerprint density at radius 3 is 2.90 bits per heavy atom. The van der Waals surface area contributed by atoms with Crippen molar-refractivity contribution >= 4 is 17.3 Å². The van der Waals surface area contributed by atoms with E-state index < -0.39 is 5.97 Å². The van der Waals surface area contributed by atoms with Crippen LogP contribution in [0, 0.1) is 0 Å². The first-order chi connectivity index (χ1) is 9.66. The Morgan fingerprint density at radius 1 is 1.35 bits per heavy atom. The number of nitrogens with zero attached hydrogens (tertiary/aromatic N) is 1. The molecule has 3 N–H and O–H groups in total. The van der Waals surface area contributed by atoms with Crippen molar-refractivity contribution in [3.8, 4) is 0 Å². The molecule has 1 heterocycles. The predicted octanol–water partition coefficient (Wildman–Crippen LogP) is 2.11. The van der Waals surface area contributed by atoms with Crippen molar-refractivity contribution in [1.82, 2.24) is 0 Å². The van der Waals surface area contributed by atoms with E-state index in [0.717, 1.165) is 25.1 Å². The monoisotopic (exact) mass is 276 g/mol. The molecule has 1 aromatic carbocycles.